The molecule has 17 heavy (non-hydrogen) atoms. The molecule has 1 aliphatic rings. The zero-order chi connectivity index (χ0) is 12.8. The second-order valence-electron chi connectivity index (χ2n) is 4.60. The van der Waals surface area contributed by atoms with E-state index in [2.05, 4.69) is 10.5 Å². The average molecular weight is 243 g/mol. The highest BCUT2D eigenvalue weighted by atomic mass is 16.5. The molecular weight excluding hydrogens is 222 g/mol. The van der Waals surface area contributed by atoms with Crippen molar-refractivity contribution >= 4 is 11.7 Å². The smallest absolute Gasteiger partial charge is 0.246 e. The van der Waals surface area contributed by atoms with Crippen LogP contribution in [0.2, 0.25) is 0 Å². The lowest BCUT2D eigenvalue weighted by Crippen LogP contribution is -2.43. The first-order chi connectivity index (χ1) is 8.04. The van der Waals surface area contributed by atoms with Crippen LogP contribution in [0.5, 0.6) is 0 Å². The molecule has 0 aromatic heterocycles. The lowest BCUT2D eigenvalue weighted by Gasteiger charge is -2.20. The van der Waals surface area contributed by atoms with E-state index in [0.717, 1.165) is 19.3 Å². The molecule has 1 aliphatic carbocycles. The van der Waals surface area contributed by atoms with Crippen molar-refractivity contribution in [1.82, 2.24) is 5.32 Å². The summed E-state index contributed by atoms with van der Waals surface area (Å²) in [6, 6.07) is -0.0471. The van der Waals surface area contributed by atoms with Crippen LogP contribution in [0.1, 0.15) is 33.1 Å². The summed E-state index contributed by atoms with van der Waals surface area (Å²) in [5.74, 6) is -0.0260. The normalized spacial score (nSPS) is 25.2. The van der Waals surface area contributed by atoms with Gasteiger partial charge in [0.25, 0.3) is 0 Å². The Balaban J connectivity index is 2.42. The molecule has 6 nitrogen and oxygen atoms in total. The van der Waals surface area contributed by atoms with Crippen molar-refractivity contribution in [3.05, 3.63) is 0 Å². The summed E-state index contributed by atoms with van der Waals surface area (Å²) in [7, 11) is 0. The molecule has 0 radical (unpaired) electrons. The molecule has 4 N–H and O–H groups in total. The molecular formula is C11H21N3O3. The third-order valence-corrected chi connectivity index (χ3v) is 2.91. The maximum Gasteiger partial charge on any atom is 0.246 e. The molecule has 0 aliphatic heterocycles. The largest absolute Gasteiger partial charge is 0.409 e. The van der Waals surface area contributed by atoms with Crippen molar-refractivity contribution in [2.24, 2.45) is 16.8 Å². The van der Waals surface area contributed by atoms with E-state index >= 15 is 0 Å². The van der Waals surface area contributed by atoms with Crippen molar-refractivity contribution in [1.29, 1.82) is 0 Å². The molecule has 98 valence electrons. The van der Waals surface area contributed by atoms with Gasteiger partial charge in [-0.05, 0) is 26.7 Å². The number of ether oxygens (including phenoxy) is 1. The number of amidine groups is 1. The second-order valence-corrected chi connectivity index (χ2v) is 4.60. The quantitative estimate of drug-likeness (QED) is 0.282. The van der Waals surface area contributed by atoms with Crippen molar-refractivity contribution in [2.75, 3.05) is 6.61 Å². The van der Waals surface area contributed by atoms with Crippen LogP contribution >= 0.6 is 0 Å². The third-order valence-electron chi connectivity index (χ3n) is 2.91. The molecule has 1 amide bonds. The van der Waals surface area contributed by atoms with Gasteiger partial charge in [-0.15, -0.1) is 0 Å². The lowest BCUT2D eigenvalue weighted by atomic mass is 10.0. The molecule has 1 fully saturated rings. The van der Waals surface area contributed by atoms with E-state index in [9.17, 15) is 4.79 Å². The minimum absolute atomic E-state index is 0.0317. The Morgan fingerprint density at radius 1 is 1.59 bits per heavy atom. The molecule has 1 rings (SSSR count). The first kappa shape index (κ1) is 13.8. The Morgan fingerprint density at radius 3 is 2.88 bits per heavy atom. The van der Waals surface area contributed by atoms with Crippen LogP contribution in [-0.4, -0.2) is 35.7 Å². The number of carbonyl (C=O) groups excluding carboxylic acids is 1. The van der Waals surface area contributed by atoms with Gasteiger partial charge in [0.05, 0.1) is 6.10 Å². The predicted molar refractivity (Wildman–Crippen MR) is 63.8 cm³/mol. The minimum atomic E-state index is -0.152. The number of nitrogens with one attached hydrogen (secondary N) is 1. The van der Waals surface area contributed by atoms with Crippen LogP contribution in [0.3, 0.4) is 0 Å². The van der Waals surface area contributed by atoms with E-state index in [-0.39, 0.29) is 36.4 Å². The van der Waals surface area contributed by atoms with Crippen LogP contribution < -0.4 is 11.1 Å². The number of hydrogen-bond acceptors (Lipinski definition) is 4. The summed E-state index contributed by atoms with van der Waals surface area (Å²) >= 11 is 0. The Hall–Kier alpha value is -1.30. The number of rotatable bonds is 5. The maximum atomic E-state index is 11.6. The highest BCUT2D eigenvalue weighted by molar-refractivity contribution is 5.84. The highest BCUT2D eigenvalue weighted by Gasteiger charge is 2.31. The minimum Gasteiger partial charge on any atom is -0.409 e. The molecule has 1 saturated carbocycles. The molecule has 0 bridgehead atoms. The SMILES string of the molecule is CC(C)OCC(=O)NC1CCCC1C(N)=NO. The van der Waals surface area contributed by atoms with E-state index in [1.165, 1.54) is 0 Å². The van der Waals surface area contributed by atoms with E-state index in [1.54, 1.807) is 0 Å². The van der Waals surface area contributed by atoms with Gasteiger partial charge in [-0.25, -0.2) is 0 Å². The summed E-state index contributed by atoms with van der Waals surface area (Å²) < 4.78 is 5.21. The first-order valence-corrected chi connectivity index (χ1v) is 5.93. The van der Waals surface area contributed by atoms with Crippen molar-refractivity contribution < 1.29 is 14.7 Å². The van der Waals surface area contributed by atoms with Gasteiger partial charge < -0.3 is 21.0 Å². The van der Waals surface area contributed by atoms with Gasteiger partial charge in [-0.2, -0.15) is 0 Å². The fraction of sp³-hybridized carbons (Fsp3) is 0.818. The fourth-order valence-corrected chi connectivity index (χ4v) is 2.05. The van der Waals surface area contributed by atoms with Gasteiger partial charge in [-0.3, -0.25) is 4.79 Å². The Morgan fingerprint density at radius 2 is 2.29 bits per heavy atom. The van der Waals surface area contributed by atoms with Crippen molar-refractivity contribution in [3.8, 4) is 0 Å². The third kappa shape index (κ3) is 4.22. The Kier molecular flexibility index (Phi) is 5.21. The molecule has 2 atom stereocenters. The predicted octanol–water partition coefficient (Wildman–Crippen LogP) is 0.443. The number of amides is 1. The van der Waals surface area contributed by atoms with E-state index in [1.807, 2.05) is 13.8 Å². The summed E-state index contributed by atoms with van der Waals surface area (Å²) in [4.78, 5) is 11.6. The maximum absolute atomic E-state index is 11.6. The standard InChI is InChI=1S/C11H21N3O3/c1-7(2)17-6-10(15)13-9-5-3-4-8(9)11(12)14-16/h7-9,16H,3-6H2,1-2H3,(H2,12,14)(H,13,15). The van der Waals surface area contributed by atoms with Crippen LogP contribution in [-0.2, 0) is 9.53 Å². The number of hydrogen-bond donors (Lipinski definition) is 3. The number of nitrogens with two attached hydrogens (primary N) is 1. The van der Waals surface area contributed by atoms with E-state index < -0.39 is 0 Å². The van der Waals surface area contributed by atoms with Gasteiger partial charge in [0, 0.05) is 12.0 Å². The summed E-state index contributed by atoms with van der Waals surface area (Å²) in [6.45, 7) is 3.81. The second kappa shape index (κ2) is 6.44. The molecule has 6 heteroatoms. The van der Waals surface area contributed by atoms with Gasteiger partial charge in [0.15, 0.2) is 0 Å². The molecule has 2 unspecified atom stereocenters. The van der Waals surface area contributed by atoms with Crippen molar-refractivity contribution in [3.63, 3.8) is 0 Å². The van der Waals surface area contributed by atoms with Crippen molar-refractivity contribution in [2.45, 2.75) is 45.3 Å². The molecule has 0 spiro atoms. The zero-order valence-electron chi connectivity index (χ0n) is 10.3. The number of carbonyl (C=O) groups is 1. The zero-order valence-corrected chi connectivity index (χ0v) is 10.3. The fourth-order valence-electron chi connectivity index (χ4n) is 2.05. The van der Waals surface area contributed by atoms with Gasteiger partial charge >= 0.3 is 0 Å². The first-order valence-electron chi connectivity index (χ1n) is 5.93. The van der Waals surface area contributed by atoms with Crippen LogP contribution in [0.25, 0.3) is 0 Å². The monoisotopic (exact) mass is 243 g/mol. The summed E-state index contributed by atoms with van der Waals surface area (Å²) in [6.07, 6.45) is 2.70. The molecule has 0 saturated heterocycles. The van der Waals surface area contributed by atoms with Gasteiger partial charge in [0.1, 0.15) is 12.4 Å². The van der Waals surface area contributed by atoms with Crippen LogP contribution in [0.15, 0.2) is 5.16 Å². The molecule has 0 aromatic rings. The van der Waals surface area contributed by atoms with Crippen LogP contribution in [0, 0.1) is 5.92 Å². The van der Waals surface area contributed by atoms with Crippen LogP contribution in [0.4, 0.5) is 0 Å². The van der Waals surface area contributed by atoms with Gasteiger partial charge in [0.2, 0.25) is 5.91 Å². The van der Waals surface area contributed by atoms with E-state index in [4.69, 9.17) is 15.7 Å². The Bertz CT molecular complexity index is 292. The van der Waals surface area contributed by atoms with Gasteiger partial charge in [-0.1, -0.05) is 11.6 Å². The summed E-state index contributed by atoms with van der Waals surface area (Å²) in [5, 5.41) is 14.5. The topological polar surface area (TPSA) is 96.9 Å². The average Bonchev–Trinajstić information content (AvgIpc) is 2.73. The number of nitrogens with zero attached hydrogens (tertiary/aromatic N) is 1. The molecule has 0 aromatic carbocycles. The molecule has 0 heterocycles. The number of oxime groups is 1. The van der Waals surface area contributed by atoms with E-state index in [0.29, 0.717) is 0 Å². The highest BCUT2D eigenvalue weighted by Crippen LogP contribution is 2.25. The summed E-state index contributed by atoms with van der Waals surface area (Å²) in [5.41, 5.74) is 5.58. The Labute approximate surface area is 101 Å². The lowest BCUT2D eigenvalue weighted by molar-refractivity contribution is -0.127.